The highest BCUT2D eigenvalue weighted by Crippen LogP contribution is 2.31. The van der Waals surface area contributed by atoms with Gasteiger partial charge < -0.3 is 5.32 Å². The van der Waals surface area contributed by atoms with Gasteiger partial charge in [0.2, 0.25) is 5.91 Å². The van der Waals surface area contributed by atoms with Crippen molar-refractivity contribution in [2.75, 3.05) is 5.32 Å². The number of carbonyl (C=O) groups excluding carboxylic acids is 1. The second-order valence-corrected chi connectivity index (χ2v) is 7.16. The number of hydrogen-bond acceptors (Lipinski definition) is 3. The van der Waals surface area contributed by atoms with Gasteiger partial charge in [-0.05, 0) is 17.9 Å². The molecule has 0 saturated carbocycles. The summed E-state index contributed by atoms with van der Waals surface area (Å²) in [6.45, 7) is 4.19. The summed E-state index contributed by atoms with van der Waals surface area (Å²) in [5, 5.41) is 3.66. The number of benzene rings is 2. The van der Waals surface area contributed by atoms with Gasteiger partial charge in [0.15, 0.2) is 5.13 Å². The first-order valence-corrected chi connectivity index (χ1v) is 9.39. The minimum atomic E-state index is 0.00682. The summed E-state index contributed by atoms with van der Waals surface area (Å²) in [4.78, 5) is 18.2. The van der Waals surface area contributed by atoms with Crippen LogP contribution in [-0.2, 0) is 11.2 Å². The molecule has 0 bridgehead atoms. The van der Waals surface area contributed by atoms with Crippen molar-refractivity contribution >= 4 is 22.4 Å². The maximum atomic E-state index is 12.4. The van der Waals surface area contributed by atoms with E-state index < -0.39 is 0 Å². The maximum Gasteiger partial charge on any atom is 0.226 e. The van der Waals surface area contributed by atoms with E-state index in [0.29, 0.717) is 11.6 Å². The summed E-state index contributed by atoms with van der Waals surface area (Å²) in [6.07, 6.45) is 1.35. The molecule has 0 aliphatic carbocycles. The fourth-order valence-corrected chi connectivity index (χ4v) is 3.75. The molecule has 0 spiro atoms. The number of nitrogens with one attached hydrogen (secondary N) is 1. The van der Waals surface area contributed by atoms with E-state index in [9.17, 15) is 4.79 Å². The molecule has 1 atom stereocenters. The Balaban J connectivity index is 1.71. The van der Waals surface area contributed by atoms with E-state index >= 15 is 0 Å². The molecule has 0 fully saturated rings. The number of anilines is 1. The van der Waals surface area contributed by atoms with Gasteiger partial charge in [0.25, 0.3) is 0 Å². The van der Waals surface area contributed by atoms with Gasteiger partial charge in [-0.15, -0.1) is 11.3 Å². The molecule has 3 aromatic rings. The standard InChI is InChI=1S/C21H22N2OS/c1-3-18-20(17-12-8-5-9-13-17)23-21(25-18)22-19(24)14-15(2)16-10-6-4-7-11-16/h4-13,15H,3,14H2,1-2H3,(H,22,23,24). The minimum Gasteiger partial charge on any atom is -0.302 e. The van der Waals surface area contributed by atoms with Crippen LogP contribution in [0.5, 0.6) is 0 Å². The van der Waals surface area contributed by atoms with E-state index in [2.05, 4.69) is 48.4 Å². The van der Waals surface area contributed by atoms with Gasteiger partial charge in [0.05, 0.1) is 5.69 Å². The van der Waals surface area contributed by atoms with E-state index in [0.717, 1.165) is 17.7 Å². The van der Waals surface area contributed by atoms with E-state index in [-0.39, 0.29) is 11.8 Å². The minimum absolute atomic E-state index is 0.00682. The second-order valence-electron chi connectivity index (χ2n) is 6.07. The third-order valence-electron chi connectivity index (χ3n) is 4.17. The third kappa shape index (κ3) is 4.34. The number of rotatable bonds is 6. The molecule has 1 aromatic heterocycles. The van der Waals surface area contributed by atoms with Crippen LogP contribution >= 0.6 is 11.3 Å². The number of amides is 1. The number of thiazole rings is 1. The van der Waals surface area contributed by atoms with Crippen LogP contribution in [0.25, 0.3) is 11.3 Å². The topological polar surface area (TPSA) is 42.0 Å². The SMILES string of the molecule is CCc1sc(NC(=O)CC(C)c2ccccc2)nc1-c1ccccc1. The molecular weight excluding hydrogens is 328 g/mol. The van der Waals surface area contributed by atoms with E-state index in [4.69, 9.17) is 0 Å². The Bertz CT molecular complexity index is 828. The third-order valence-corrected chi connectivity index (χ3v) is 5.29. The van der Waals surface area contributed by atoms with E-state index in [1.807, 2.05) is 36.4 Å². The van der Waals surface area contributed by atoms with Crippen molar-refractivity contribution < 1.29 is 4.79 Å². The van der Waals surface area contributed by atoms with Gasteiger partial charge in [0, 0.05) is 16.9 Å². The summed E-state index contributed by atoms with van der Waals surface area (Å²) in [5.41, 5.74) is 3.24. The predicted molar refractivity (Wildman–Crippen MR) is 105 cm³/mol. The number of hydrogen-bond donors (Lipinski definition) is 1. The average molecular weight is 350 g/mol. The first kappa shape index (κ1) is 17.4. The number of nitrogens with zero attached hydrogens (tertiary/aromatic N) is 1. The smallest absolute Gasteiger partial charge is 0.226 e. The highest BCUT2D eigenvalue weighted by molar-refractivity contribution is 7.16. The molecule has 2 aromatic carbocycles. The Morgan fingerprint density at radius 2 is 1.72 bits per heavy atom. The quantitative estimate of drug-likeness (QED) is 0.637. The van der Waals surface area contributed by atoms with Crippen LogP contribution in [-0.4, -0.2) is 10.9 Å². The fourth-order valence-electron chi connectivity index (χ4n) is 2.81. The highest BCUT2D eigenvalue weighted by atomic mass is 32.1. The molecule has 1 unspecified atom stereocenters. The van der Waals surface area contributed by atoms with Crippen molar-refractivity contribution in [1.29, 1.82) is 0 Å². The fraction of sp³-hybridized carbons (Fsp3) is 0.238. The number of aromatic nitrogens is 1. The summed E-state index contributed by atoms with van der Waals surface area (Å²) < 4.78 is 0. The lowest BCUT2D eigenvalue weighted by Crippen LogP contribution is -2.14. The van der Waals surface area contributed by atoms with Crippen LogP contribution in [0.15, 0.2) is 60.7 Å². The Labute approximate surface area is 152 Å². The molecular formula is C21H22N2OS. The maximum absolute atomic E-state index is 12.4. The number of carbonyl (C=O) groups is 1. The van der Waals surface area contributed by atoms with Crippen molar-refractivity contribution in [2.45, 2.75) is 32.6 Å². The zero-order valence-corrected chi connectivity index (χ0v) is 15.3. The monoisotopic (exact) mass is 350 g/mol. The molecule has 0 aliphatic rings. The lowest BCUT2D eigenvalue weighted by Gasteiger charge is -2.10. The Hall–Kier alpha value is -2.46. The molecule has 4 heteroatoms. The zero-order chi connectivity index (χ0) is 17.6. The van der Waals surface area contributed by atoms with Crippen molar-refractivity contribution in [3.05, 3.63) is 71.1 Å². The Morgan fingerprint density at radius 1 is 1.08 bits per heavy atom. The lowest BCUT2D eigenvalue weighted by atomic mass is 9.98. The van der Waals surface area contributed by atoms with Crippen molar-refractivity contribution in [3.8, 4) is 11.3 Å². The van der Waals surface area contributed by atoms with Gasteiger partial charge in [-0.1, -0.05) is 74.5 Å². The summed E-state index contributed by atoms with van der Waals surface area (Å²) in [5.74, 6) is 0.188. The zero-order valence-electron chi connectivity index (χ0n) is 14.5. The number of aryl methyl sites for hydroxylation is 1. The largest absolute Gasteiger partial charge is 0.302 e. The molecule has 0 saturated heterocycles. The van der Waals surface area contributed by atoms with Crippen LogP contribution in [0.1, 0.15) is 36.6 Å². The van der Waals surface area contributed by atoms with Gasteiger partial charge in [-0.25, -0.2) is 4.98 Å². The van der Waals surface area contributed by atoms with Gasteiger partial charge >= 0.3 is 0 Å². The summed E-state index contributed by atoms with van der Waals surface area (Å²) in [7, 11) is 0. The van der Waals surface area contributed by atoms with Crippen LogP contribution in [0.2, 0.25) is 0 Å². The van der Waals surface area contributed by atoms with Gasteiger partial charge in [-0.3, -0.25) is 4.79 Å². The average Bonchev–Trinajstić information content (AvgIpc) is 3.05. The molecule has 25 heavy (non-hydrogen) atoms. The molecule has 0 radical (unpaired) electrons. The molecule has 1 N–H and O–H groups in total. The van der Waals surface area contributed by atoms with Gasteiger partial charge in [0.1, 0.15) is 0 Å². The highest BCUT2D eigenvalue weighted by Gasteiger charge is 2.15. The van der Waals surface area contributed by atoms with Crippen molar-refractivity contribution in [1.82, 2.24) is 4.98 Å². The first-order chi connectivity index (χ1) is 12.2. The van der Waals surface area contributed by atoms with Crippen LogP contribution in [0.3, 0.4) is 0 Å². The molecule has 3 nitrogen and oxygen atoms in total. The second kappa shape index (κ2) is 8.08. The summed E-state index contributed by atoms with van der Waals surface area (Å²) >= 11 is 1.56. The van der Waals surface area contributed by atoms with Crippen molar-refractivity contribution in [2.24, 2.45) is 0 Å². The Morgan fingerprint density at radius 3 is 2.36 bits per heavy atom. The van der Waals surface area contributed by atoms with Crippen LogP contribution < -0.4 is 5.32 Å². The van der Waals surface area contributed by atoms with Crippen LogP contribution in [0.4, 0.5) is 5.13 Å². The van der Waals surface area contributed by atoms with E-state index in [1.54, 1.807) is 11.3 Å². The Kier molecular flexibility index (Phi) is 5.61. The molecule has 3 rings (SSSR count). The molecule has 1 amide bonds. The van der Waals surface area contributed by atoms with Gasteiger partial charge in [-0.2, -0.15) is 0 Å². The summed E-state index contributed by atoms with van der Waals surface area (Å²) in [6, 6.07) is 20.2. The van der Waals surface area contributed by atoms with Crippen molar-refractivity contribution in [3.63, 3.8) is 0 Å². The predicted octanol–water partition coefficient (Wildman–Crippen LogP) is 5.50. The molecule has 128 valence electrons. The lowest BCUT2D eigenvalue weighted by molar-refractivity contribution is -0.116. The van der Waals surface area contributed by atoms with Crippen LogP contribution in [0, 0.1) is 0 Å². The van der Waals surface area contributed by atoms with E-state index in [1.165, 1.54) is 10.4 Å². The molecule has 0 aliphatic heterocycles. The molecule has 1 heterocycles. The normalized spacial score (nSPS) is 11.9. The first-order valence-electron chi connectivity index (χ1n) is 8.57.